The van der Waals surface area contributed by atoms with Crippen molar-refractivity contribution in [3.05, 3.63) is 33.5 Å². The molecule has 0 saturated carbocycles. The smallest absolute Gasteiger partial charge is 0.181 e. The fourth-order valence-corrected chi connectivity index (χ4v) is 2.50. The van der Waals surface area contributed by atoms with E-state index in [1.807, 2.05) is 19.1 Å². The van der Waals surface area contributed by atoms with Gasteiger partial charge in [-0.25, -0.2) is 9.97 Å². The Hall–Kier alpha value is -1.01. The molecular formula is C11H10Br2N4. The molecule has 1 N–H and O–H groups in total. The van der Waals surface area contributed by atoms with E-state index in [2.05, 4.69) is 52.1 Å². The topological polar surface area (TPSA) is 50.7 Å². The van der Waals surface area contributed by atoms with Crippen LogP contribution in [0.1, 0.15) is 6.92 Å². The van der Waals surface area contributed by atoms with Gasteiger partial charge in [-0.2, -0.15) is 0 Å². The maximum Gasteiger partial charge on any atom is 0.181 e. The molecule has 2 rings (SSSR count). The molecule has 17 heavy (non-hydrogen) atoms. The highest BCUT2D eigenvalue weighted by molar-refractivity contribution is 9.11. The summed E-state index contributed by atoms with van der Waals surface area (Å²) >= 11 is 6.82. The van der Waals surface area contributed by atoms with Gasteiger partial charge in [0, 0.05) is 27.9 Å². The third kappa shape index (κ3) is 3.01. The highest BCUT2D eigenvalue weighted by Crippen LogP contribution is 2.26. The Bertz CT molecular complexity index is 531. The summed E-state index contributed by atoms with van der Waals surface area (Å²) in [5.41, 5.74) is 0.730. The average molecular weight is 358 g/mol. The normalized spacial score (nSPS) is 10.3. The minimum absolute atomic E-state index is 0.600. The molecule has 0 radical (unpaired) electrons. The third-order valence-corrected chi connectivity index (χ3v) is 3.07. The Kier molecular flexibility index (Phi) is 4.06. The fraction of sp³-hybridized carbons (Fsp3) is 0.182. The van der Waals surface area contributed by atoms with Crippen molar-refractivity contribution in [2.75, 3.05) is 11.9 Å². The molecule has 0 aliphatic rings. The van der Waals surface area contributed by atoms with Crippen LogP contribution in [0.2, 0.25) is 0 Å². The largest absolute Gasteiger partial charge is 0.370 e. The summed E-state index contributed by atoms with van der Waals surface area (Å²) in [7, 11) is 0. The second kappa shape index (κ2) is 5.55. The Labute approximate surface area is 116 Å². The first-order valence-electron chi connectivity index (χ1n) is 5.09. The second-order valence-corrected chi connectivity index (χ2v) is 5.05. The summed E-state index contributed by atoms with van der Waals surface area (Å²) in [5, 5.41) is 3.15. The van der Waals surface area contributed by atoms with E-state index in [0.29, 0.717) is 5.82 Å². The van der Waals surface area contributed by atoms with Gasteiger partial charge in [-0.05, 0) is 50.9 Å². The van der Waals surface area contributed by atoms with E-state index in [0.717, 1.165) is 27.0 Å². The molecule has 88 valence electrons. The van der Waals surface area contributed by atoms with Crippen LogP contribution in [0.25, 0.3) is 11.5 Å². The molecule has 4 nitrogen and oxygen atoms in total. The van der Waals surface area contributed by atoms with Crippen LogP contribution in [0.3, 0.4) is 0 Å². The first-order chi connectivity index (χ1) is 8.20. The van der Waals surface area contributed by atoms with Crippen molar-refractivity contribution in [3.8, 4) is 11.5 Å². The van der Waals surface area contributed by atoms with Crippen LogP contribution < -0.4 is 5.32 Å². The van der Waals surface area contributed by atoms with Crippen molar-refractivity contribution in [2.45, 2.75) is 6.92 Å². The van der Waals surface area contributed by atoms with Crippen molar-refractivity contribution in [2.24, 2.45) is 0 Å². The lowest BCUT2D eigenvalue weighted by Gasteiger charge is -2.05. The van der Waals surface area contributed by atoms with Gasteiger partial charge in [0.15, 0.2) is 5.82 Å². The molecule has 0 spiro atoms. The van der Waals surface area contributed by atoms with Crippen LogP contribution in [0.5, 0.6) is 0 Å². The van der Waals surface area contributed by atoms with E-state index in [1.54, 1.807) is 12.4 Å². The van der Waals surface area contributed by atoms with Crippen LogP contribution in [0, 0.1) is 0 Å². The monoisotopic (exact) mass is 356 g/mol. The summed E-state index contributed by atoms with van der Waals surface area (Å²) in [5.74, 6) is 1.40. The second-order valence-electron chi connectivity index (χ2n) is 3.28. The lowest BCUT2D eigenvalue weighted by atomic mass is 10.3. The van der Waals surface area contributed by atoms with Gasteiger partial charge in [0.25, 0.3) is 0 Å². The first kappa shape index (κ1) is 12.4. The van der Waals surface area contributed by atoms with Crippen molar-refractivity contribution in [1.29, 1.82) is 0 Å². The molecule has 0 aliphatic carbocycles. The van der Waals surface area contributed by atoms with Gasteiger partial charge >= 0.3 is 0 Å². The van der Waals surface area contributed by atoms with Crippen LogP contribution in [-0.2, 0) is 0 Å². The van der Waals surface area contributed by atoms with Gasteiger partial charge in [0.05, 0.1) is 0 Å². The molecule has 0 bridgehead atoms. The third-order valence-electron chi connectivity index (χ3n) is 2.03. The summed E-state index contributed by atoms with van der Waals surface area (Å²) in [4.78, 5) is 12.9. The summed E-state index contributed by atoms with van der Waals surface area (Å²) < 4.78 is 1.77. The molecule has 0 aromatic carbocycles. The van der Waals surface area contributed by atoms with Gasteiger partial charge in [0.1, 0.15) is 11.5 Å². The number of hydrogen-bond donors (Lipinski definition) is 1. The Morgan fingerprint density at radius 2 is 2.12 bits per heavy atom. The molecule has 0 aliphatic heterocycles. The first-order valence-corrected chi connectivity index (χ1v) is 6.67. The van der Waals surface area contributed by atoms with E-state index in [4.69, 9.17) is 0 Å². The van der Waals surface area contributed by atoms with Gasteiger partial charge in [-0.15, -0.1) is 0 Å². The summed E-state index contributed by atoms with van der Waals surface area (Å²) in [6.45, 7) is 2.85. The Balaban J connectivity index is 2.42. The number of anilines is 1. The van der Waals surface area contributed by atoms with Crippen molar-refractivity contribution in [3.63, 3.8) is 0 Å². The number of aromatic nitrogens is 3. The van der Waals surface area contributed by atoms with Gasteiger partial charge < -0.3 is 5.32 Å². The molecule has 6 heteroatoms. The van der Waals surface area contributed by atoms with Crippen LogP contribution in [0.4, 0.5) is 5.82 Å². The predicted octanol–water partition coefficient (Wildman–Crippen LogP) is 3.50. The van der Waals surface area contributed by atoms with Crippen LogP contribution in [-0.4, -0.2) is 21.5 Å². The van der Waals surface area contributed by atoms with Gasteiger partial charge in [-0.3, -0.25) is 4.98 Å². The number of nitrogens with zero attached hydrogens (tertiary/aromatic N) is 3. The molecular weight excluding hydrogens is 348 g/mol. The SMILES string of the molecule is CCNc1ccnc(-c2ncc(Br)cc2Br)n1. The van der Waals surface area contributed by atoms with Crippen molar-refractivity contribution >= 4 is 37.7 Å². The molecule has 2 heterocycles. The lowest BCUT2D eigenvalue weighted by Crippen LogP contribution is -2.01. The Morgan fingerprint density at radius 1 is 1.29 bits per heavy atom. The quantitative estimate of drug-likeness (QED) is 0.913. The van der Waals surface area contributed by atoms with Crippen LogP contribution >= 0.6 is 31.9 Å². The van der Waals surface area contributed by atoms with Gasteiger partial charge in [0.2, 0.25) is 0 Å². The summed E-state index contributed by atoms with van der Waals surface area (Å²) in [6, 6.07) is 3.76. The van der Waals surface area contributed by atoms with Crippen LogP contribution in [0.15, 0.2) is 33.5 Å². The van der Waals surface area contributed by atoms with E-state index in [1.165, 1.54) is 0 Å². The number of halogens is 2. The van der Waals surface area contributed by atoms with E-state index >= 15 is 0 Å². The summed E-state index contributed by atoms with van der Waals surface area (Å²) in [6.07, 6.45) is 3.44. The zero-order valence-corrected chi connectivity index (χ0v) is 12.3. The number of nitrogens with one attached hydrogen (secondary N) is 1. The van der Waals surface area contributed by atoms with E-state index in [9.17, 15) is 0 Å². The zero-order valence-electron chi connectivity index (χ0n) is 9.11. The Morgan fingerprint density at radius 3 is 2.82 bits per heavy atom. The number of hydrogen-bond acceptors (Lipinski definition) is 4. The number of pyridine rings is 1. The van der Waals surface area contributed by atoms with Crippen molar-refractivity contribution < 1.29 is 0 Å². The van der Waals surface area contributed by atoms with Crippen molar-refractivity contribution in [1.82, 2.24) is 15.0 Å². The number of rotatable bonds is 3. The molecule has 0 fully saturated rings. The maximum atomic E-state index is 4.39. The molecule has 0 unspecified atom stereocenters. The van der Waals surface area contributed by atoms with E-state index < -0.39 is 0 Å². The van der Waals surface area contributed by atoms with Gasteiger partial charge in [-0.1, -0.05) is 0 Å². The zero-order chi connectivity index (χ0) is 12.3. The van der Waals surface area contributed by atoms with E-state index in [-0.39, 0.29) is 0 Å². The predicted molar refractivity (Wildman–Crippen MR) is 74.8 cm³/mol. The molecule has 0 amide bonds. The minimum Gasteiger partial charge on any atom is -0.370 e. The lowest BCUT2D eigenvalue weighted by molar-refractivity contribution is 1.10. The molecule has 0 saturated heterocycles. The fourth-order valence-electron chi connectivity index (χ4n) is 1.33. The molecule has 2 aromatic rings. The molecule has 0 atom stereocenters. The average Bonchev–Trinajstić information content (AvgIpc) is 2.29. The standard InChI is InChI=1S/C11H10Br2N4/c1-2-14-9-3-4-15-11(17-9)10-8(13)5-7(12)6-16-10/h3-6H,2H2,1H3,(H,14,15,17). The molecule has 2 aromatic heterocycles. The highest BCUT2D eigenvalue weighted by Gasteiger charge is 2.08. The highest BCUT2D eigenvalue weighted by atomic mass is 79.9. The minimum atomic E-state index is 0.600. The maximum absolute atomic E-state index is 4.39.